The van der Waals surface area contributed by atoms with Crippen molar-refractivity contribution in [1.29, 1.82) is 0 Å². The molecule has 0 aromatic heterocycles. The Labute approximate surface area is 184 Å². The number of Topliss-reactive ketones (excluding diaryl/α,β-unsaturated/α-hetero) is 1. The average molecular weight is 417 g/mol. The Kier molecular flexibility index (Phi) is 6.14. The second kappa shape index (κ2) is 8.24. The summed E-state index contributed by atoms with van der Waals surface area (Å²) < 4.78 is 4.88. The van der Waals surface area contributed by atoms with Gasteiger partial charge in [-0.3, -0.25) is 9.59 Å². The number of ketones is 1. The maximum absolute atomic E-state index is 13.9. The molecule has 0 bridgehead atoms. The molecule has 9 atom stereocenters. The third-order valence-corrected chi connectivity index (χ3v) is 10.9. The molecule has 3 nitrogen and oxygen atoms in total. The molecule has 170 valence electrons. The fraction of sp³-hybridized carbons (Fsp3) is 0.926. The van der Waals surface area contributed by atoms with Gasteiger partial charge in [0.05, 0.1) is 7.11 Å². The summed E-state index contributed by atoms with van der Waals surface area (Å²) in [5.41, 5.74) is 0.649. The monoisotopic (exact) mass is 416 g/mol. The predicted octanol–water partition coefficient (Wildman–Crippen LogP) is 6.44. The number of carbonyl (C=O) groups is 2. The Morgan fingerprint density at radius 1 is 1.03 bits per heavy atom. The minimum atomic E-state index is -0.0882. The van der Waals surface area contributed by atoms with Gasteiger partial charge in [-0.15, -0.1) is 0 Å². The summed E-state index contributed by atoms with van der Waals surface area (Å²) >= 11 is 0. The van der Waals surface area contributed by atoms with E-state index in [9.17, 15) is 9.59 Å². The van der Waals surface area contributed by atoms with Crippen molar-refractivity contribution in [2.75, 3.05) is 7.11 Å². The topological polar surface area (TPSA) is 43.4 Å². The predicted molar refractivity (Wildman–Crippen MR) is 120 cm³/mol. The zero-order valence-corrected chi connectivity index (χ0v) is 20.0. The summed E-state index contributed by atoms with van der Waals surface area (Å²) in [5, 5.41) is 0. The summed E-state index contributed by atoms with van der Waals surface area (Å²) in [4.78, 5) is 25.6. The van der Waals surface area contributed by atoms with Crippen LogP contribution in [0.5, 0.6) is 0 Å². The molecule has 0 aromatic carbocycles. The molecule has 0 aliphatic heterocycles. The molecule has 0 N–H and O–H groups in total. The van der Waals surface area contributed by atoms with Crippen LogP contribution in [0.3, 0.4) is 0 Å². The van der Waals surface area contributed by atoms with Gasteiger partial charge in [0, 0.05) is 18.3 Å². The number of fused-ring (bicyclic) bond motifs is 5. The minimum Gasteiger partial charge on any atom is -0.469 e. The van der Waals surface area contributed by atoms with Crippen LogP contribution >= 0.6 is 0 Å². The first-order chi connectivity index (χ1) is 14.3. The van der Waals surface area contributed by atoms with Crippen molar-refractivity contribution in [3.8, 4) is 0 Å². The van der Waals surface area contributed by atoms with Gasteiger partial charge in [-0.25, -0.2) is 0 Å². The normalized spacial score (nSPS) is 46.5. The van der Waals surface area contributed by atoms with Gasteiger partial charge in [0.15, 0.2) is 0 Å². The van der Waals surface area contributed by atoms with Crippen LogP contribution in [0.4, 0.5) is 0 Å². The van der Waals surface area contributed by atoms with Gasteiger partial charge < -0.3 is 4.74 Å². The molecule has 4 aliphatic carbocycles. The van der Waals surface area contributed by atoms with Gasteiger partial charge >= 0.3 is 5.97 Å². The third kappa shape index (κ3) is 3.28. The van der Waals surface area contributed by atoms with Crippen molar-refractivity contribution in [3.63, 3.8) is 0 Å². The Balaban J connectivity index is 1.59. The first-order valence-corrected chi connectivity index (χ1v) is 12.9. The van der Waals surface area contributed by atoms with E-state index in [1.165, 1.54) is 58.5 Å². The molecule has 30 heavy (non-hydrogen) atoms. The fourth-order valence-corrected chi connectivity index (χ4v) is 9.34. The van der Waals surface area contributed by atoms with Crippen LogP contribution < -0.4 is 0 Å². The third-order valence-electron chi connectivity index (χ3n) is 10.9. The van der Waals surface area contributed by atoms with Gasteiger partial charge in [-0.2, -0.15) is 0 Å². The van der Waals surface area contributed by atoms with Gasteiger partial charge in [-0.1, -0.05) is 40.5 Å². The van der Waals surface area contributed by atoms with E-state index in [-0.39, 0.29) is 11.4 Å². The standard InChI is InChI=1S/C27H44O3/c1-6-18-20-9-7-8-15-26(20,3)22-14-16-27(4)19(17(2)10-13-23(28)30-5)11-12-21(27)24(22)25(18)29/h17-22,24H,6-16H2,1-5H3/t17-,18?,19-,20+,21?,22?,24?,26+,27-/m1/s1. The van der Waals surface area contributed by atoms with E-state index >= 15 is 0 Å². The molecule has 4 unspecified atom stereocenters. The van der Waals surface area contributed by atoms with E-state index in [1.807, 2.05) is 0 Å². The van der Waals surface area contributed by atoms with Crippen molar-refractivity contribution in [2.24, 2.45) is 52.3 Å². The quantitative estimate of drug-likeness (QED) is 0.484. The van der Waals surface area contributed by atoms with Crippen LogP contribution in [0, 0.1) is 52.3 Å². The first kappa shape index (κ1) is 22.3. The smallest absolute Gasteiger partial charge is 0.305 e. The molecule has 4 aliphatic rings. The molecular weight excluding hydrogens is 372 g/mol. The SMILES string of the molecule is CCC1C(=O)C2C3CC[C@H]([C@H](C)CCC(=O)OC)[C@@]3(C)CCC2[C@@]2(C)CCCC[C@@H]12. The molecule has 4 fully saturated rings. The molecule has 3 heteroatoms. The highest BCUT2D eigenvalue weighted by Gasteiger charge is 2.64. The molecule has 0 spiro atoms. The number of hydrogen-bond donors (Lipinski definition) is 0. The molecular formula is C27H44O3. The summed E-state index contributed by atoms with van der Waals surface area (Å²) in [6, 6.07) is 0. The number of ether oxygens (including phenoxy) is 1. The summed E-state index contributed by atoms with van der Waals surface area (Å²) in [6.07, 6.45) is 12.7. The zero-order chi connectivity index (χ0) is 21.7. The Morgan fingerprint density at radius 3 is 2.47 bits per heavy atom. The van der Waals surface area contributed by atoms with Crippen LogP contribution in [0.1, 0.15) is 98.3 Å². The van der Waals surface area contributed by atoms with Crippen molar-refractivity contribution < 1.29 is 14.3 Å². The number of carbonyl (C=O) groups excluding carboxylic acids is 2. The molecule has 0 saturated heterocycles. The molecule has 0 aromatic rings. The highest BCUT2D eigenvalue weighted by atomic mass is 16.5. The van der Waals surface area contributed by atoms with Crippen LogP contribution in [-0.4, -0.2) is 18.9 Å². The van der Waals surface area contributed by atoms with Gasteiger partial charge in [0.25, 0.3) is 0 Å². The lowest BCUT2D eigenvalue weighted by Crippen LogP contribution is -2.59. The van der Waals surface area contributed by atoms with E-state index in [1.54, 1.807) is 0 Å². The maximum atomic E-state index is 13.9. The summed E-state index contributed by atoms with van der Waals surface area (Å²) in [5.74, 6) is 4.11. The summed E-state index contributed by atoms with van der Waals surface area (Å²) in [6.45, 7) is 9.66. The second-order valence-electron chi connectivity index (χ2n) is 11.8. The van der Waals surface area contributed by atoms with Crippen molar-refractivity contribution in [2.45, 2.75) is 98.3 Å². The number of hydrogen-bond acceptors (Lipinski definition) is 3. The zero-order valence-electron chi connectivity index (χ0n) is 20.0. The molecule has 0 amide bonds. The molecule has 4 rings (SSSR count). The van der Waals surface area contributed by atoms with Crippen molar-refractivity contribution in [3.05, 3.63) is 0 Å². The fourth-order valence-electron chi connectivity index (χ4n) is 9.34. The number of methoxy groups -OCH3 is 1. The van der Waals surface area contributed by atoms with Gasteiger partial charge in [0.2, 0.25) is 0 Å². The van der Waals surface area contributed by atoms with Crippen LogP contribution in [-0.2, 0) is 14.3 Å². The molecule has 0 heterocycles. The lowest BCUT2D eigenvalue weighted by molar-refractivity contribution is -0.168. The van der Waals surface area contributed by atoms with Crippen LogP contribution in [0.2, 0.25) is 0 Å². The Hall–Kier alpha value is -0.860. The van der Waals surface area contributed by atoms with Gasteiger partial charge in [0.1, 0.15) is 5.78 Å². The Bertz CT molecular complexity index is 671. The van der Waals surface area contributed by atoms with E-state index in [0.29, 0.717) is 59.0 Å². The van der Waals surface area contributed by atoms with Gasteiger partial charge in [-0.05, 0) is 91.8 Å². The van der Waals surface area contributed by atoms with E-state index < -0.39 is 0 Å². The highest BCUT2D eigenvalue weighted by Crippen LogP contribution is 2.68. The van der Waals surface area contributed by atoms with E-state index in [4.69, 9.17) is 4.74 Å². The number of esters is 1. The summed E-state index contributed by atoms with van der Waals surface area (Å²) in [7, 11) is 1.49. The highest BCUT2D eigenvalue weighted by molar-refractivity contribution is 5.86. The lowest BCUT2D eigenvalue weighted by Gasteiger charge is -2.62. The largest absolute Gasteiger partial charge is 0.469 e. The lowest BCUT2D eigenvalue weighted by atomic mass is 9.42. The minimum absolute atomic E-state index is 0.0882. The Morgan fingerprint density at radius 2 is 1.77 bits per heavy atom. The van der Waals surface area contributed by atoms with Crippen LogP contribution in [0.25, 0.3) is 0 Å². The first-order valence-electron chi connectivity index (χ1n) is 12.9. The van der Waals surface area contributed by atoms with E-state index in [0.717, 1.165) is 12.8 Å². The maximum Gasteiger partial charge on any atom is 0.305 e. The molecule has 0 radical (unpaired) electrons. The number of rotatable bonds is 5. The second-order valence-corrected chi connectivity index (χ2v) is 11.8. The van der Waals surface area contributed by atoms with Crippen LogP contribution in [0.15, 0.2) is 0 Å². The van der Waals surface area contributed by atoms with E-state index in [2.05, 4.69) is 27.7 Å². The van der Waals surface area contributed by atoms with Crippen molar-refractivity contribution in [1.82, 2.24) is 0 Å². The average Bonchev–Trinajstić information content (AvgIpc) is 3.09. The van der Waals surface area contributed by atoms with Crippen molar-refractivity contribution >= 4 is 11.8 Å². The molecule has 4 saturated carbocycles.